The van der Waals surface area contributed by atoms with Crippen molar-refractivity contribution in [1.82, 2.24) is 0 Å². The maximum Gasteiger partial charge on any atom is 0.119 e. The lowest BCUT2D eigenvalue weighted by atomic mass is 10.1. The van der Waals surface area contributed by atoms with Crippen molar-refractivity contribution in [2.24, 2.45) is 5.73 Å². The molecule has 3 heteroatoms. The molecule has 90 valence electrons. The topological polar surface area (TPSA) is 35.2 Å². The highest BCUT2D eigenvalue weighted by Crippen LogP contribution is 2.23. The van der Waals surface area contributed by atoms with Crippen LogP contribution in [-0.4, -0.2) is 6.61 Å². The zero-order valence-corrected chi connectivity index (χ0v) is 10.7. The third-order valence-corrected chi connectivity index (χ3v) is 3.60. The summed E-state index contributed by atoms with van der Waals surface area (Å²) in [6, 6.07) is 12.0. The Labute approximate surface area is 106 Å². The molecule has 0 amide bonds. The van der Waals surface area contributed by atoms with Crippen LogP contribution in [0.1, 0.15) is 22.9 Å². The fourth-order valence-electron chi connectivity index (χ4n) is 1.76. The Kier molecular flexibility index (Phi) is 4.18. The van der Waals surface area contributed by atoms with Crippen molar-refractivity contribution in [3.63, 3.8) is 0 Å². The minimum Gasteiger partial charge on any atom is -0.494 e. The van der Waals surface area contributed by atoms with E-state index in [1.165, 1.54) is 10.4 Å². The number of rotatable bonds is 5. The molecule has 0 radical (unpaired) electrons. The molecule has 0 aliphatic rings. The van der Waals surface area contributed by atoms with E-state index >= 15 is 0 Å². The molecule has 1 atom stereocenters. The molecule has 0 saturated heterocycles. The monoisotopic (exact) mass is 247 g/mol. The highest BCUT2D eigenvalue weighted by molar-refractivity contribution is 7.10. The standard InChI is InChI=1S/C14H17NOS/c1-11-13(8-10-17-11)14(15)7-9-16-12-5-3-2-4-6-12/h2-6,8,10,14H,7,9,15H2,1H3. The van der Waals surface area contributed by atoms with Gasteiger partial charge in [-0.3, -0.25) is 0 Å². The van der Waals surface area contributed by atoms with E-state index in [4.69, 9.17) is 10.5 Å². The van der Waals surface area contributed by atoms with Crippen LogP contribution in [0.4, 0.5) is 0 Å². The summed E-state index contributed by atoms with van der Waals surface area (Å²) in [5, 5.41) is 2.09. The number of aryl methyl sites for hydroxylation is 1. The van der Waals surface area contributed by atoms with E-state index in [0.717, 1.165) is 12.2 Å². The summed E-state index contributed by atoms with van der Waals surface area (Å²) in [6.45, 7) is 2.76. The molecule has 0 saturated carbocycles. The number of hydrogen-bond donors (Lipinski definition) is 1. The molecule has 17 heavy (non-hydrogen) atoms. The molecule has 2 nitrogen and oxygen atoms in total. The van der Waals surface area contributed by atoms with Crippen molar-refractivity contribution >= 4 is 11.3 Å². The van der Waals surface area contributed by atoms with Crippen LogP contribution in [0.2, 0.25) is 0 Å². The van der Waals surface area contributed by atoms with Crippen molar-refractivity contribution in [1.29, 1.82) is 0 Å². The van der Waals surface area contributed by atoms with Gasteiger partial charge in [0, 0.05) is 17.3 Å². The summed E-state index contributed by atoms with van der Waals surface area (Å²) in [4.78, 5) is 1.30. The first-order valence-corrected chi connectivity index (χ1v) is 6.63. The van der Waals surface area contributed by atoms with Crippen LogP contribution in [0.25, 0.3) is 0 Å². The first kappa shape index (κ1) is 12.1. The van der Waals surface area contributed by atoms with Gasteiger partial charge in [0.25, 0.3) is 0 Å². The zero-order chi connectivity index (χ0) is 12.1. The molecule has 1 heterocycles. The normalized spacial score (nSPS) is 12.4. The average Bonchev–Trinajstić information content (AvgIpc) is 2.77. The summed E-state index contributed by atoms with van der Waals surface area (Å²) < 4.78 is 5.64. The molecule has 1 aromatic heterocycles. The molecule has 0 fully saturated rings. The first-order valence-electron chi connectivity index (χ1n) is 5.75. The number of para-hydroxylation sites is 1. The number of ether oxygens (including phenoxy) is 1. The van der Waals surface area contributed by atoms with Gasteiger partial charge in [0.1, 0.15) is 5.75 Å². The van der Waals surface area contributed by atoms with Gasteiger partial charge in [-0.2, -0.15) is 0 Å². The van der Waals surface area contributed by atoms with Crippen LogP contribution >= 0.6 is 11.3 Å². The fraction of sp³-hybridized carbons (Fsp3) is 0.286. The van der Waals surface area contributed by atoms with Crippen molar-refractivity contribution < 1.29 is 4.74 Å². The number of nitrogens with two attached hydrogens (primary N) is 1. The van der Waals surface area contributed by atoms with Gasteiger partial charge in [-0.15, -0.1) is 11.3 Å². The van der Waals surface area contributed by atoms with Crippen molar-refractivity contribution in [2.75, 3.05) is 6.61 Å². The second kappa shape index (κ2) is 5.84. The van der Waals surface area contributed by atoms with E-state index in [2.05, 4.69) is 18.4 Å². The Balaban J connectivity index is 1.81. The molecule has 2 rings (SSSR count). The molecule has 2 aromatic rings. The van der Waals surface area contributed by atoms with Crippen LogP contribution in [0.15, 0.2) is 41.8 Å². The Morgan fingerprint density at radius 1 is 1.24 bits per heavy atom. The second-order valence-electron chi connectivity index (χ2n) is 3.99. The highest BCUT2D eigenvalue weighted by atomic mass is 32.1. The largest absolute Gasteiger partial charge is 0.494 e. The van der Waals surface area contributed by atoms with E-state index in [1.54, 1.807) is 11.3 Å². The van der Waals surface area contributed by atoms with Gasteiger partial charge in [-0.25, -0.2) is 0 Å². The van der Waals surface area contributed by atoms with Crippen molar-refractivity contribution in [3.8, 4) is 5.75 Å². The third kappa shape index (κ3) is 3.32. The van der Waals surface area contributed by atoms with Crippen LogP contribution in [-0.2, 0) is 0 Å². The van der Waals surface area contributed by atoms with Crippen LogP contribution in [0, 0.1) is 6.92 Å². The van der Waals surface area contributed by atoms with E-state index in [-0.39, 0.29) is 6.04 Å². The van der Waals surface area contributed by atoms with Gasteiger partial charge in [0.2, 0.25) is 0 Å². The van der Waals surface area contributed by atoms with Gasteiger partial charge in [-0.05, 0) is 36.1 Å². The molecular weight excluding hydrogens is 230 g/mol. The lowest BCUT2D eigenvalue weighted by Gasteiger charge is -2.12. The van der Waals surface area contributed by atoms with E-state index in [9.17, 15) is 0 Å². The molecule has 0 bridgehead atoms. The minimum absolute atomic E-state index is 0.0740. The number of thiophene rings is 1. The van der Waals surface area contributed by atoms with Crippen LogP contribution in [0.5, 0.6) is 5.75 Å². The molecule has 0 spiro atoms. The summed E-state index contributed by atoms with van der Waals surface area (Å²) in [7, 11) is 0. The molecule has 1 aromatic carbocycles. The molecule has 0 aliphatic carbocycles. The van der Waals surface area contributed by atoms with Crippen LogP contribution < -0.4 is 10.5 Å². The Morgan fingerprint density at radius 2 is 2.00 bits per heavy atom. The predicted molar refractivity (Wildman–Crippen MR) is 72.5 cm³/mol. The third-order valence-electron chi connectivity index (χ3n) is 2.74. The Morgan fingerprint density at radius 3 is 2.65 bits per heavy atom. The first-order chi connectivity index (χ1) is 8.27. The molecular formula is C14H17NOS. The lowest BCUT2D eigenvalue weighted by molar-refractivity contribution is 0.298. The molecule has 1 unspecified atom stereocenters. The number of hydrogen-bond acceptors (Lipinski definition) is 3. The minimum atomic E-state index is 0.0740. The number of benzene rings is 1. The van der Waals surface area contributed by atoms with Crippen molar-refractivity contribution in [2.45, 2.75) is 19.4 Å². The quantitative estimate of drug-likeness (QED) is 0.877. The van der Waals surface area contributed by atoms with E-state index in [0.29, 0.717) is 6.61 Å². The highest BCUT2D eigenvalue weighted by Gasteiger charge is 2.09. The SMILES string of the molecule is Cc1sccc1C(N)CCOc1ccccc1. The van der Waals surface area contributed by atoms with Gasteiger partial charge in [0.05, 0.1) is 6.61 Å². The van der Waals surface area contributed by atoms with Crippen molar-refractivity contribution in [3.05, 3.63) is 52.2 Å². The van der Waals surface area contributed by atoms with Gasteiger partial charge in [0.15, 0.2) is 0 Å². The molecule has 2 N–H and O–H groups in total. The lowest BCUT2D eigenvalue weighted by Crippen LogP contribution is -2.14. The second-order valence-corrected chi connectivity index (χ2v) is 5.11. The summed E-state index contributed by atoms with van der Waals surface area (Å²) >= 11 is 1.74. The Bertz CT molecular complexity index is 452. The van der Waals surface area contributed by atoms with Gasteiger partial charge in [-0.1, -0.05) is 18.2 Å². The average molecular weight is 247 g/mol. The maximum absolute atomic E-state index is 6.13. The maximum atomic E-state index is 6.13. The van der Waals surface area contributed by atoms with Gasteiger partial charge >= 0.3 is 0 Å². The molecule has 0 aliphatic heterocycles. The van der Waals surface area contributed by atoms with Crippen LogP contribution in [0.3, 0.4) is 0 Å². The smallest absolute Gasteiger partial charge is 0.119 e. The van der Waals surface area contributed by atoms with Gasteiger partial charge < -0.3 is 10.5 Å². The van der Waals surface area contributed by atoms with E-state index < -0.39 is 0 Å². The van der Waals surface area contributed by atoms with E-state index in [1.807, 2.05) is 30.3 Å². The Hall–Kier alpha value is -1.32. The fourth-order valence-corrected chi connectivity index (χ4v) is 2.53. The summed E-state index contributed by atoms with van der Waals surface area (Å²) in [5.41, 5.74) is 7.37. The predicted octanol–water partition coefficient (Wildman–Crippen LogP) is 3.53. The summed E-state index contributed by atoms with van der Waals surface area (Å²) in [6.07, 6.45) is 0.840. The zero-order valence-electron chi connectivity index (χ0n) is 9.93. The summed E-state index contributed by atoms with van der Waals surface area (Å²) in [5.74, 6) is 0.904.